The molecule has 1 nitrogen and oxygen atoms in total. The monoisotopic (exact) mass is 347 g/mol. The highest BCUT2D eigenvalue weighted by Gasteiger charge is 2.29. The van der Waals surface area contributed by atoms with Crippen LogP contribution in [0, 0.1) is 5.92 Å². The van der Waals surface area contributed by atoms with Gasteiger partial charge in [0.2, 0.25) is 0 Å². The van der Waals surface area contributed by atoms with Crippen LogP contribution in [0.5, 0.6) is 0 Å². The van der Waals surface area contributed by atoms with E-state index in [1.54, 1.807) is 0 Å². The summed E-state index contributed by atoms with van der Waals surface area (Å²) in [4.78, 5) is 0. The summed E-state index contributed by atoms with van der Waals surface area (Å²) >= 11 is 0. The van der Waals surface area contributed by atoms with Crippen LogP contribution >= 0.6 is 0 Å². The first-order valence-electron chi connectivity index (χ1n) is 10.3. The van der Waals surface area contributed by atoms with Crippen molar-refractivity contribution in [3.8, 4) is 0 Å². The molecule has 1 heteroatoms. The molecule has 0 amide bonds. The third-order valence-corrected chi connectivity index (χ3v) is 5.96. The molecule has 1 N–H and O–H groups in total. The number of hydrogen-bond acceptors (Lipinski definition) is 1. The predicted molar refractivity (Wildman–Crippen MR) is 113 cm³/mol. The molecule has 0 heterocycles. The fourth-order valence-electron chi connectivity index (χ4n) is 4.21. The topological polar surface area (TPSA) is 12.0 Å². The average molecular weight is 348 g/mol. The van der Waals surface area contributed by atoms with E-state index in [-0.39, 0.29) is 5.54 Å². The Bertz CT molecular complexity index is 655. The van der Waals surface area contributed by atoms with E-state index in [4.69, 9.17) is 0 Å². The Morgan fingerprint density at radius 1 is 0.923 bits per heavy atom. The maximum atomic E-state index is 4.00. The molecule has 0 radical (unpaired) electrons. The van der Waals surface area contributed by atoms with Crippen molar-refractivity contribution < 1.29 is 0 Å². The van der Waals surface area contributed by atoms with Crippen LogP contribution in [-0.2, 0) is 5.54 Å². The first kappa shape index (κ1) is 18.9. The first-order valence-corrected chi connectivity index (χ1v) is 10.3. The number of rotatable bonds is 8. The van der Waals surface area contributed by atoms with Crippen LogP contribution in [0.2, 0.25) is 0 Å². The fourth-order valence-corrected chi connectivity index (χ4v) is 4.21. The first-order chi connectivity index (χ1) is 12.8. The third-order valence-electron chi connectivity index (χ3n) is 5.96. The van der Waals surface area contributed by atoms with Gasteiger partial charge in [-0.3, -0.25) is 0 Å². The zero-order valence-corrected chi connectivity index (χ0v) is 16.2. The lowest BCUT2D eigenvalue weighted by molar-refractivity contribution is 0.263. The van der Waals surface area contributed by atoms with Gasteiger partial charge < -0.3 is 5.32 Å². The lowest BCUT2D eigenvalue weighted by Gasteiger charge is -2.36. The molecule has 0 aliphatic heterocycles. The highest BCUT2D eigenvalue weighted by atomic mass is 15.0. The van der Waals surface area contributed by atoms with Crippen LogP contribution in [0.4, 0.5) is 0 Å². The van der Waals surface area contributed by atoms with Crippen LogP contribution in [0.1, 0.15) is 63.0 Å². The third kappa shape index (κ3) is 5.08. The maximum Gasteiger partial charge on any atom is 0.0467 e. The normalized spacial score (nSPS) is 18.0. The molecule has 1 atom stereocenters. The van der Waals surface area contributed by atoms with E-state index in [2.05, 4.69) is 85.1 Å². The molecule has 1 aliphatic carbocycles. The Morgan fingerprint density at radius 3 is 2.23 bits per heavy atom. The van der Waals surface area contributed by atoms with Crippen molar-refractivity contribution in [2.45, 2.75) is 57.4 Å². The Morgan fingerprint density at radius 2 is 1.58 bits per heavy atom. The maximum absolute atomic E-state index is 4.00. The minimum absolute atomic E-state index is 0.0317. The van der Waals surface area contributed by atoms with Crippen LogP contribution in [0.15, 0.2) is 66.7 Å². The molecule has 0 saturated heterocycles. The van der Waals surface area contributed by atoms with Crippen molar-refractivity contribution in [2.24, 2.45) is 5.92 Å². The summed E-state index contributed by atoms with van der Waals surface area (Å²) in [6.07, 6.45) is 13.7. The van der Waals surface area contributed by atoms with Gasteiger partial charge in [0.05, 0.1) is 0 Å². The van der Waals surface area contributed by atoms with E-state index in [0.29, 0.717) is 0 Å². The smallest absolute Gasteiger partial charge is 0.0467 e. The van der Waals surface area contributed by atoms with Crippen LogP contribution in [0.3, 0.4) is 0 Å². The van der Waals surface area contributed by atoms with Crippen molar-refractivity contribution in [1.82, 2.24) is 5.32 Å². The minimum atomic E-state index is 0.0317. The lowest BCUT2D eigenvalue weighted by atomic mass is 9.82. The molecule has 26 heavy (non-hydrogen) atoms. The summed E-state index contributed by atoms with van der Waals surface area (Å²) in [6.45, 7) is 3.46. The molecule has 1 fully saturated rings. The second kappa shape index (κ2) is 9.73. The Kier molecular flexibility index (Phi) is 7.08. The highest BCUT2D eigenvalue weighted by molar-refractivity contribution is 5.49. The standard InChI is InChI=1S/C25H33N/c1-2-25(24-18-10-5-11-19-24,26-21-23-15-8-4-9-16-23)20-12-17-22-13-6-3-7-14-22/h3,5-7,10-14,17-19,23,26H,2,4,8-9,15-16,20-21H2,1H3/b17-12+. The van der Waals surface area contributed by atoms with Gasteiger partial charge in [-0.25, -0.2) is 0 Å². The lowest BCUT2D eigenvalue weighted by Crippen LogP contribution is -2.44. The average Bonchev–Trinajstić information content (AvgIpc) is 2.73. The second-order valence-corrected chi connectivity index (χ2v) is 7.70. The van der Waals surface area contributed by atoms with Gasteiger partial charge in [-0.05, 0) is 49.3 Å². The van der Waals surface area contributed by atoms with Gasteiger partial charge in [0.1, 0.15) is 0 Å². The van der Waals surface area contributed by atoms with E-state index < -0.39 is 0 Å². The van der Waals surface area contributed by atoms with E-state index >= 15 is 0 Å². The van der Waals surface area contributed by atoms with Crippen LogP contribution < -0.4 is 5.32 Å². The van der Waals surface area contributed by atoms with Gasteiger partial charge in [-0.2, -0.15) is 0 Å². The molecule has 0 bridgehead atoms. The van der Waals surface area contributed by atoms with Crippen molar-refractivity contribution in [3.63, 3.8) is 0 Å². The molecule has 3 rings (SSSR count). The molecule has 0 aromatic heterocycles. The fraction of sp³-hybridized carbons (Fsp3) is 0.440. The second-order valence-electron chi connectivity index (χ2n) is 7.70. The summed E-state index contributed by atoms with van der Waals surface area (Å²) in [6, 6.07) is 21.6. The summed E-state index contributed by atoms with van der Waals surface area (Å²) in [7, 11) is 0. The van der Waals surface area contributed by atoms with Gasteiger partial charge in [-0.1, -0.05) is 99.0 Å². The van der Waals surface area contributed by atoms with Gasteiger partial charge >= 0.3 is 0 Å². The summed E-state index contributed by atoms with van der Waals surface area (Å²) < 4.78 is 0. The minimum Gasteiger partial charge on any atom is -0.307 e. The van der Waals surface area contributed by atoms with Gasteiger partial charge in [0, 0.05) is 5.54 Å². The Hall–Kier alpha value is -1.86. The van der Waals surface area contributed by atoms with Crippen molar-refractivity contribution in [3.05, 3.63) is 77.9 Å². The molecule has 0 spiro atoms. The van der Waals surface area contributed by atoms with Crippen LogP contribution in [-0.4, -0.2) is 6.54 Å². The Labute approximate surface area is 159 Å². The molecule has 138 valence electrons. The van der Waals surface area contributed by atoms with Gasteiger partial charge in [0.25, 0.3) is 0 Å². The van der Waals surface area contributed by atoms with Crippen LogP contribution in [0.25, 0.3) is 6.08 Å². The van der Waals surface area contributed by atoms with E-state index in [1.165, 1.54) is 43.2 Å². The van der Waals surface area contributed by atoms with Crippen molar-refractivity contribution in [1.29, 1.82) is 0 Å². The van der Waals surface area contributed by atoms with Crippen molar-refractivity contribution in [2.75, 3.05) is 6.54 Å². The highest BCUT2D eigenvalue weighted by Crippen LogP contribution is 2.31. The number of benzene rings is 2. The zero-order chi connectivity index (χ0) is 18.1. The molecule has 1 unspecified atom stereocenters. The SMILES string of the molecule is CCC(C/C=C/c1ccccc1)(NCC1CCCCC1)c1ccccc1. The molecule has 1 saturated carbocycles. The van der Waals surface area contributed by atoms with E-state index in [0.717, 1.165) is 25.3 Å². The quantitative estimate of drug-likeness (QED) is 0.570. The summed E-state index contributed by atoms with van der Waals surface area (Å²) in [5.41, 5.74) is 2.72. The van der Waals surface area contributed by atoms with Gasteiger partial charge in [0.15, 0.2) is 0 Å². The molecular formula is C25H33N. The summed E-state index contributed by atoms with van der Waals surface area (Å²) in [5.74, 6) is 0.844. The zero-order valence-electron chi connectivity index (χ0n) is 16.2. The summed E-state index contributed by atoms with van der Waals surface area (Å²) in [5, 5.41) is 4.00. The molecular weight excluding hydrogens is 314 g/mol. The predicted octanol–water partition coefficient (Wildman–Crippen LogP) is 6.57. The van der Waals surface area contributed by atoms with Gasteiger partial charge in [-0.15, -0.1) is 0 Å². The Balaban J connectivity index is 1.74. The molecule has 1 aliphatic rings. The van der Waals surface area contributed by atoms with Crippen molar-refractivity contribution >= 4 is 6.08 Å². The molecule has 2 aromatic rings. The van der Waals surface area contributed by atoms with E-state index in [1.807, 2.05) is 0 Å². The van der Waals surface area contributed by atoms with E-state index in [9.17, 15) is 0 Å². The number of nitrogens with one attached hydrogen (secondary N) is 1. The molecule has 2 aromatic carbocycles. The largest absolute Gasteiger partial charge is 0.307 e. The number of hydrogen-bond donors (Lipinski definition) is 1.